The number of likely N-dealkylation sites (tertiary alicyclic amines) is 1. The van der Waals surface area contributed by atoms with E-state index in [2.05, 4.69) is 0 Å². The number of amides is 1. The molecule has 0 bridgehead atoms. The van der Waals surface area contributed by atoms with Gasteiger partial charge in [-0.1, -0.05) is 6.92 Å². The van der Waals surface area contributed by atoms with Gasteiger partial charge < -0.3 is 15.7 Å². The van der Waals surface area contributed by atoms with E-state index in [-0.39, 0.29) is 11.4 Å². The lowest BCUT2D eigenvalue weighted by molar-refractivity contribution is -0.157. The summed E-state index contributed by atoms with van der Waals surface area (Å²) in [4.78, 5) is 25.4. The van der Waals surface area contributed by atoms with Crippen molar-refractivity contribution in [3.63, 3.8) is 0 Å². The van der Waals surface area contributed by atoms with Crippen molar-refractivity contribution in [3.05, 3.63) is 0 Å². The van der Waals surface area contributed by atoms with Gasteiger partial charge in [0.15, 0.2) is 0 Å². The summed E-state index contributed by atoms with van der Waals surface area (Å²) < 4.78 is 0. The van der Waals surface area contributed by atoms with Gasteiger partial charge in [0.2, 0.25) is 5.91 Å². The molecule has 1 aliphatic heterocycles. The van der Waals surface area contributed by atoms with Crippen molar-refractivity contribution >= 4 is 11.9 Å². The molecule has 102 valence electrons. The second-order valence-electron chi connectivity index (χ2n) is 5.73. The molecule has 1 saturated heterocycles. The van der Waals surface area contributed by atoms with E-state index >= 15 is 0 Å². The molecule has 18 heavy (non-hydrogen) atoms. The number of nitrogens with zero attached hydrogens (tertiary/aromatic N) is 1. The molecule has 5 nitrogen and oxygen atoms in total. The van der Waals surface area contributed by atoms with Gasteiger partial charge >= 0.3 is 5.97 Å². The summed E-state index contributed by atoms with van der Waals surface area (Å²) in [6, 6.07) is 0. The second-order valence-corrected chi connectivity index (χ2v) is 5.73. The molecule has 1 atom stereocenters. The highest BCUT2D eigenvalue weighted by Gasteiger charge is 2.49. The molecule has 0 aromatic heterocycles. The Morgan fingerprint density at radius 3 is 2.39 bits per heavy atom. The zero-order chi connectivity index (χ0) is 13.4. The predicted octanol–water partition coefficient (Wildman–Crippen LogP) is 1.11. The molecule has 0 aromatic rings. The fraction of sp³-hybridized carbons (Fsp3) is 0.846. The fourth-order valence-corrected chi connectivity index (χ4v) is 3.19. The van der Waals surface area contributed by atoms with Crippen LogP contribution in [0.5, 0.6) is 0 Å². The van der Waals surface area contributed by atoms with Crippen LogP contribution in [0, 0.1) is 0 Å². The first kappa shape index (κ1) is 13.3. The number of carboxylic acids is 1. The minimum absolute atomic E-state index is 0.0843. The molecule has 1 saturated carbocycles. The monoisotopic (exact) mass is 254 g/mol. The van der Waals surface area contributed by atoms with Crippen LogP contribution < -0.4 is 5.73 Å². The van der Waals surface area contributed by atoms with Gasteiger partial charge in [0.1, 0.15) is 5.54 Å². The van der Waals surface area contributed by atoms with E-state index in [0.29, 0.717) is 25.8 Å². The Labute approximate surface area is 107 Å². The van der Waals surface area contributed by atoms with Crippen LogP contribution in [0.4, 0.5) is 0 Å². The third kappa shape index (κ3) is 2.00. The first-order chi connectivity index (χ1) is 8.43. The summed E-state index contributed by atoms with van der Waals surface area (Å²) in [5, 5.41) is 9.43. The predicted molar refractivity (Wildman–Crippen MR) is 67.0 cm³/mol. The van der Waals surface area contributed by atoms with Gasteiger partial charge in [-0.25, -0.2) is 4.79 Å². The number of aliphatic carboxylic acids is 1. The maximum Gasteiger partial charge on any atom is 0.329 e. The summed E-state index contributed by atoms with van der Waals surface area (Å²) in [6.07, 6.45) is 4.90. The zero-order valence-electron chi connectivity index (χ0n) is 10.9. The van der Waals surface area contributed by atoms with Gasteiger partial charge in [-0.15, -0.1) is 0 Å². The summed E-state index contributed by atoms with van der Waals surface area (Å²) in [6.45, 7) is 2.39. The van der Waals surface area contributed by atoms with Gasteiger partial charge in [-0.05, 0) is 38.5 Å². The fourth-order valence-electron chi connectivity index (χ4n) is 3.19. The van der Waals surface area contributed by atoms with Crippen LogP contribution in [0.3, 0.4) is 0 Å². The summed E-state index contributed by atoms with van der Waals surface area (Å²) in [5.41, 5.74) is 4.72. The number of carbonyl (C=O) groups is 2. The highest BCUT2D eigenvalue weighted by atomic mass is 16.4. The highest BCUT2D eigenvalue weighted by molar-refractivity contribution is 5.88. The minimum atomic E-state index is -0.989. The molecule has 2 aliphatic rings. The Kier molecular flexibility index (Phi) is 3.36. The quantitative estimate of drug-likeness (QED) is 0.787. The molecule has 0 spiro atoms. The molecule has 1 heterocycles. The standard InChI is InChI=1S/C13H22N2O3/c1-2-13(11(17)18)7-4-8-15(13)10(16)9-12(14)5-3-6-12/h2-9,14H2,1H3,(H,17,18). The van der Waals surface area contributed by atoms with Crippen molar-refractivity contribution in [2.24, 2.45) is 5.73 Å². The molecule has 1 unspecified atom stereocenters. The molecule has 1 aliphatic carbocycles. The van der Waals surface area contributed by atoms with E-state index < -0.39 is 11.5 Å². The number of carboxylic acid groups (broad SMARTS) is 1. The maximum absolute atomic E-state index is 12.3. The van der Waals surface area contributed by atoms with Crippen LogP contribution in [-0.4, -0.2) is 39.5 Å². The van der Waals surface area contributed by atoms with Crippen molar-refractivity contribution in [3.8, 4) is 0 Å². The van der Waals surface area contributed by atoms with Crippen molar-refractivity contribution in [1.29, 1.82) is 0 Å². The van der Waals surface area contributed by atoms with Crippen molar-refractivity contribution in [1.82, 2.24) is 4.90 Å². The summed E-state index contributed by atoms with van der Waals surface area (Å²) >= 11 is 0. The molecule has 2 fully saturated rings. The Balaban J connectivity index is 2.11. The van der Waals surface area contributed by atoms with Crippen LogP contribution in [0.25, 0.3) is 0 Å². The van der Waals surface area contributed by atoms with Gasteiger partial charge in [0, 0.05) is 18.5 Å². The van der Waals surface area contributed by atoms with Crippen molar-refractivity contribution < 1.29 is 14.7 Å². The smallest absolute Gasteiger partial charge is 0.329 e. The summed E-state index contributed by atoms with van der Waals surface area (Å²) in [7, 11) is 0. The van der Waals surface area contributed by atoms with Gasteiger partial charge in [0.05, 0.1) is 0 Å². The van der Waals surface area contributed by atoms with Crippen LogP contribution in [0.15, 0.2) is 0 Å². The molecule has 2 rings (SSSR count). The number of hydrogen-bond acceptors (Lipinski definition) is 3. The van der Waals surface area contributed by atoms with Crippen LogP contribution in [0.2, 0.25) is 0 Å². The van der Waals surface area contributed by atoms with E-state index in [1.165, 1.54) is 0 Å². The third-order valence-corrected chi connectivity index (χ3v) is 4.63. The lowest BCUT2D eigenvalue weighted by Gasteiger charge is -2.41. The number of hydrogen-bond donors (Lipinski definition) is 2. The Hall–Kier alpha value is -1.10. The van der Waals surface area contributed by atoms with Crippen molar-refractivity contribution in [2.75, 3.05) is 6.54 Å². The lowest BCUT2D eigenvalue weighted by atomic mass is 9.75. The maximum atomic E-state index is 12.3. The first-order valence-corrected chi connectivity index (χ1v) is 6.76. The lowest BCUT2D eigenvalue weighted by Crippen LogP contribution is -2.56. The Morgan fingerprint density at radius 2 is 1.94 bits per heavy atom. The molecular formula is C13H22N2O3. The van der Waals surface area contributed by atoms with E-state index in [0.717, 1.165) is 25.7 Å². The van der Waals surface area contributed by atoms with Gasteiger partial charge in [-0.3, -0.25) is 4.79 Å². The Bertz CT molecular complexity index is 365. The topological polar surface area (TPSA) is 83.6 Å². The SMILES string of the molecule is CCC1(C(=O)O)CCCN1C(=O)CC1(N)CCC1. The molecule has 3 N–H and O–H groups in total. The van der Waals surface area contributed by atoms with Crippen LogP contribution >= 0.6 is 0 Å². The molecule has 0 aromatic carbocycles. The normalized spacial score (nSPS) is 30.0. The molecule has 1 amide bonds. The van der Waals surface area contributed by atoms with Crippen LogP contribution in [-0.2, 0) is 9.59 Å². The molecule has 0 radical (unpaired) electrons. The van der Waals surface area contributed by atoms with E-state index in [1.807, 2.05) is 6.92 Å². The second kappa shape index (κ2) is 4.53. The van der Waals surface area contributed by atoms with E-state index in [1.54, 1.807) is 4.90 Å². The van der Waals surface area contributed by atoms with E-state index in [4.69, 9.17) is 5.73 Å². The van der Waals surface area contributed by atoms with Gasteiger partial charge in [-0.2, -0.15) is 0 Å². The zero-order valence-corrected chi connectivity index (χ0v) is 10.9. The first-order valence-electron chi connectivity index (χ1n) is 6.76. The minimum Gasteiger partial charge on any atom is -0.479 e. The van der Waals surface area contributed by atoms with Crippen LogP contribution in [0.1, 0.15) is 51.9 Å². The van der Waals surface area contributed by atoms with Gasteiger partial charge in [0.25, 0.3) is 0 Å². The molecular weight excluding hydrogens is 232 g/mol. The highest BCUT2D eigenvalue weighted by Crippen LogP contribution is 2.37. The summed E-state index contributed by atoms with van der Waals surface area (Å²) in [5.74, 6) is -0.963. The average molecular weight is 254 g/mol. The average Bonchev–Trinajstić information content (AvgIpc) is 2.71. The largest absolute Gasteiger partial charge is 0.479 e. The number of carbonyl (C=O) groups excluding carboxylic acids is 1. The van der Waals surface area contributed by atoms with Crippen molar-refractivity contribution in [2.45, 2.75) is 62.9 Å². The van der Waals surface area contributed by atoms with E-state index in [9.17, 15) is 14.7 Å². The number of rotatable bonds is 4. The number of nitrogens with two attached hydrogens (primary N) is 1. The Morgan fingerprint density at radius 1 is 1.28 bits per heavy atom. The third-order valence-electron chi connectivity index (χ3n) is 4.63. The molecule has 5 heteroatoms.